The van der Waals surface area contributed by atoms with E-state index in [1.807, 2.05) is 0 Å². The molecule has 2 heterocycles. The topological polar surface area (TPSA) is 76.2 Å². The van der Waals surface area contributed by atoms with Crippen molar-refractivity contribution in [3.8, 4) is 0 Å². The third-order valence-corrected chi connectivity index (χ3v) is 5.96. The maximum absolute atomic E-state index is 12.9. The molecule has 0 aliphatic carbocycles. The number of carbonyl (C=O) groups is 1. The molecule has 0 atom stereocenters. The summed E-state index contributed by atoms with van der Waals surface area (Å²) in [6.45, 7) is 3.27. The molecule has 2 fully saturated rings. The maximum atomic E-state index is 12.9. The van der Waals surface area contributed by atoms with Crippen molar-refractivity contribution in [3.63, 3.8) is 0 Å². The minimum atomic E-state index is -3.70. The average molecular weight is 340 g/mol. The van der Waals surface area contributed by atoms with E-state index in [0.717, 1.165) is 0 Å². The molecule has 0 aromatic heterocycles. The second kappa shape index (κ2) is 6.96. The van der Waals surface area contributed by atoms with Crippen LogP contribution in [0, 0.1) is 0 Å². The quantitative estimate of drug-likeness (QED) is 0.785. The lowest BCUT2D eigenvalue weighted by molar-refractivity contribution is 0.0300. The summed E-state index contributed by atoms with van der Waals surface area (Å²) in [5.41, 5.74) is 0.223. The van der Waals surface area contributed by atoms with Gasteiger partial charge < -0.3 is 14.4 Å². The average Bonchev–Trinajstić information content (AvgIpc) is 2.62. The number of rotatable bonds is 3. The molecule has 0 bridgehead atoms. The highest BCUT2D eigenvalue weighted by Crippen LogP contribution is 2.22. The number of sulfonamides is 1. The predicted molar refractivity (Wildman–Crippen MR) is 82.7 cm³/mol. The van der Waals surface area contributed by atoms with Crippen LogP contribution in [0.1, 0.15) is 10.4 Å². The van der Waals surface area contributed by atoms with Gasteiger partial charge in [0, 0.05) is 26.2 Å². The molecule has 126 valence electrons. The highest BCUT2D eigenvalue weighted by Gasteiger charge is 2.31. The summed E-state index contributed by atoms with van der Waals surface area (Å²) in [7, 11) is -3.70. The van der Waals surface area contributed by atoms with Crippen molar-refractivity contribution in [3.05, 3.63) is 29.8 Å². The van der Waals surface area contributed by atoms with E-state index in [2.05, 4.69) is 0 Å². The monoisotopic (exact) mass is 340 g/mol. The van der Waals surface area contributed by atoms with Crippen LogP contribution >= 0.6 is 0 Å². The number of nitrogens with zero attached hydrogens (tertiary/aromatic N) is 2. The van der Waals surface area contributed by atoms with Crippen LogP contribution in [-0.2, 0) is 19.5 Å². The second-order valence-electron chi connectivity index (χ2n) is 5.42. The van der Waals surface area contributed by atoms with Gasteiger partial charge in [-0.2, -0.15) is 4.31 Å². The minimum Gasteiger partial charge on any atom is -0.379 e. The van der Waals surface area contributed by atoms with Crippen LogP contribution in [0.3, 0.4) is 0 Å². The molecule has 8 heteroatoms. The fourth-order valence-electron chi connectivity index (χ4n) is 2.73. The van der Waals surface area contributed by atoms with Gasteiger partial charge in [0.05, 0.1) is 36.9 Å². The Hall–Kier alpha value is -1.48. The van der Waals surface area contributed by atoms with Crippen LogP contribution in [0.5, 0.6) is 0 Å². The van der Waals surface area contributed by atoms with Crippen molar-refractivity contribution in [1.82, 2.24) is 9.21 Å². The predicted octanol–water partition coefficient (Wildman–Crippen LogP) is 0.180. The standard InChI is InChI=1S/C15H20N2O5S/c18-15(16-5-9-21-10-6-16)13-3-1-2-4-14(13)23(19,20)17-7-11-22-12-8-17/h1-4H,5-12H2. The van der Waals surface area contributed by atoms with Crippen molar-refractivity contribution >= 4 is 15.9 Å². The van der Waals surface area contributed by atoms with Crippen molar-refractivity contribution in [2.75, 3.05) is 52.6 Å². The van der Waals surface area contributed by atoms with Gasteiger partial charge in [-0.1, -0.05) is 12.1 Å². The molecule has 7 nitrogen and oxygen atoms in total. The minimum absolute atomic E-state index is 0.0680. The molecule has 0 radical (unpaired) electrons. The fourth-order valence-corrected chi connectivity index (χ4v) is 4.32. The van der Waals surface area contributed by atoms with Crippen molar-refractivity contribution < 1.29 is 22.7 Å². The Bertz CT molecular complexity index is 664. The molecule has 1 aromatic carbocycles. The summed E-state index contributed by atoms with van der Waals surface area (Å²) < 4.78 is 37.6. The highest BCUT2D eigenvalue weighted by atomic mass is 32.2. The van der Waals surface area contributed by atoms with Gasteiger partial charge in [-0.05, 0) is 12.1 Å². The van der Waals surface area contributed by atoms with Gasteiger partial charge in [0.2, 0.25) is 10.0 Å². The highest BCUT2D eigenvalue weighted by molar-refractivity contribution is 7.89. The van der Waals surface area contributed by atoms with Gasteiger partial charge >= 0.3 is 0 Å². The van der Waals surface area contributed by atoms with Crippen molar-refractivity contribution in [2.45, 2.75) is 4.90 Å². The number of morpholine rings is 2. The van der Waals surface area contributed by atoms with Crippen LogP contribution in [0.15, 0.2) is 29.2 Å². The van der Waals surface area contributed by atoms with Gasteiger partial charge in [0.15, 0.2) is 0 Å². The first-order chi connectivity index (χ1) is 11.1. The van der Waals surface area contributed by atoms with Crippen LogP contribution in [-0.4, -0.2) is 76.1 Å². The van der Waals surface area contributed by atoms with E-state index < -0.39 is 10.0 Å². The number of benzene rings is 1. The lowest BCUT2D eigenvalue weighted by Crippen LogP contribution is -2.43. The Kier molecular flexibility index (Phi) is 4.96. The molecule has 2 aliphatic rings. The molecule has 1 amide bonds. The number of hydrogen-bond acceptors (Lipinski definition) is 5. The number of ether oxygens (including phenoxy) is 2. The zero-order valence-electron chi connectivity index (χ0n) is 12.8. The molecule has 0 saturated carbocycles. The van der Waals surface area contributed by atoms with E-state index in [1.165, 1.54) is 10.4 Å². The van der Waals surface area contributed by atoms with E-state index >= 15 is 0 Å². The van der Waals surface area contributed by atoms with Crippen molar-refractivity contribution in [2.24, 2.45) is 0 Å². The molecular weight excluding hydrogens is 320 g/mol. The number of hydrogen-bond donors (Lipinski definition) is 0. The zero-order chi connectivity index (χ0) is 16.3. The molecule has 1 aromatic rings. The zero-order valence-corrected chi connectivity index (χ0v) is 13.6. The first kappa shape index (κ1) is 16.4. The molecule has 0 spiro atoms. The van der Waals surface area contributed by atoms with Crippen LogP contribution in [0.25, 0.3) is 0 Å². The largest absolute Gasteiger partial charge is 0.379 e. The Morgan fingerprint density at radius 3 is 2.13 bits per heavy atom. The Labute approximate surface area is 135 Å². The van der Waals surface area contributed by atoms with E-state index in [1.54, 1.807) is 23.1 Å². The summed E-state index contributed by atoms with van der Waals surface area (Å²) in [5, 5.41) is 0. The van der Waals surface area contributed by atoms with Gasteiger partial charge in [-0.3, -0.25) is 4.79 Å². The Morgan fingerprint density at radius 2 is 1.48 bits per heavy atom. The second-order valence-corrected chi connectivity index (χ2v) is 7.32. The molecule has 23 heavy (non-hydrogen) atoms. The first-order valence-corrected chi connectivity index (χ1v) is 9.08. The van der Waals surface area contributed by atoms with Crippen molar-refractivity contribution in [1.29, 1.82) is 0 Å². The van der Waals surface area contributed by atoms with Gasteiger partial charge in [0.1, 0.15) is 0 Å². The fraction of sp³-hybridized carbons (Fsp3) is 0.533. The van der Waals surface area contributed by atoms with E-state index in [9.17, 15) is 13.2 Å². The third-order valence-electron chi connectivity index (χ3n) is 4.00. The number of carbonyl (C=O) groups excluding carboxylic acids is 1. The van der Waals surface area contributed by atoms with Gasteiger partial charge in [-0.15, -0.1) is 0 Å². The Morgan fingerprint density at radius 1 is 0.913 bits per heavy atom. The maximum Gasteiger partial charge on any atom is 0.255 e. The smallest absolute Gasteiger partial charge is 0.255 e. The first-order valence-electron chi connectivity index (χ1n) is 7.64. The van der Waals surface area contributed by atoms with Gasteiger partial charge in [0.25, 0.3) is 5.91 Å². The summed E-state index contributed by atoms with van der Waals surface area (Å²) in [6, 6.07) is 6.40. The van der Waals surface area contributed by atoms with Crippen LogP contribution in [0.4, 0.5) is 0 Å². The molecule has 2 aliphatic heterocycles. The Balaban J connectivity index is 1.92. The molecule has 0 N–H and O–H groups in total. The SMILES string of the molecule is O=C(c1ccccc1S(=O)(=O)N1CCOCC1)N1CCOCC1. The lowest BCUT2D eigenvalue weighted by atomic mass is 10.2. The summed E-state index contributed by atoms with van der Waals surface area (Å²) in [4.78, 5) is 14.4. The normalized spacial score (nSPS) is 20.4. The summed E-state index contributed by atoms with van der Waals surface area (Å²) in [5.74, 6) is -0.263. The summed E-state index contributed by atoms with van der Waals surface area (Å²) >= 11 is 0. The van der Waals surface area contributed by atoms with E-state index in [4.69, 9.17) is 9.47 Å². The molecular formula is C15H20N2O5S. The molecule has 3 rings (SSSR count). The lowest BCUT2D eigenvalue weighted by Gasteiger charge is -2.29. The van der Waals surface area contributed by atoms with Crippen LogP contribution < -0.4 is 0 Å². The summed E-state index contributed by atoms with van der Waals surface area (Å²) in [6.07, 6.45) is 0. The number of amides is 1. The van der Waals surface area contributed by atoms with Crippen LogP contribution in [0.2, 0.25) is 0 Å². The molecule has 2 saturated heterocycles. The third kappa shape index (κ3) is 3.40. The van der Waals surface area contributed by atoms with Gasteiger partial charge in [-0.25, -0.2) is 8.42 Å². The van der Waals surface area contributed by atoms with E-state index in [0.29, 0.717) is 52.6 Å². The van der Waals surface area contributed by atoms with E-state index in [-0.39, 0.29) is 16.4 Å². The molecule has 0 unspecified atom stereocenters.